The van der Waals surface area contributed by atoms with Crippen LogP contribution in [0, 0.1) is 6.92 Å². The predicted octanol–water partition coefficient (Wildman–Crippen LogP) is 3.58. The lowest BCUT2D eigenvalue weighted by atomic mass is 10.1. The minimum atomic E-state index is 0.341. The lowest BCUT2D eigenvalue weighted by Gasteiger charge is -2.07. The maximum Gasteiger partial charge on any atom is 0.116 e. The van der Waals surface area contributed by atoms with E-state index in [0.29, 0.717) is 5.75 Å². The molecule has 2 rings (SSSR count). The highest BCUT2D eigenvalue weighted by atomic mass is 32.2. The summed E-state index contributed by atoms with van der Waals surface area (Å²) >= 11 is 1.74. The molecule has 0 radical (unpaired) electrons. The van der Waals surface area contributed by atoms with Crippen LogP contribution < -0.4 is 0 Å². The summed E-state index contributed by atoms with van der Waals surface area (Å²) in [6, 6.07) is 9.77. The van der Waals surface area contributed by atoms with Gasteiger partial charge in [-0.25, -0.2) is 0 Å². The number of hydrogen-bond acceptors (Lipinski definition) is 2. The van der Waals surface area contributed by atoms with Crippen LogP contribution in [0.5, 0.6) is 5.75 Å². The Kier molecular flexibility index (Phi) is 2.38. The van der Waals surface area contributed by atoms with E-state index in [1.165, 1.54) is 10.3 Å². The highest BCUT2D eigenvalue weighted by Crippen LogP contribution is 2.31. The highest BCUT2D eigenvalue weighted by Gasteiger charge is 2.04. The molecule has 0 aliphatic rings. The molecule has 2 heteroatoms. The van der Waals surface area contributed by atoms with Crippen molar-refractivity contribution < 1.29 is 5.11 Å². The van der Waals surface area contributed by atoms with Gasteiger partial charge in [0.05, 0.1) is 0 Å². The van der Waals surface area contributed by atoms with E-state index in [1.807, 2.05) is 31.2 Å². The predicted molar refractivity (Wildman–Crippen MR) is 62.1 cm³/mol. The maximum absolute atomic E-state index is 9.47. The van der Waals surface area contributed by atoms with E-state index in [2.05, 4.69) is 12.3 Å². The third-order valence-corrected chi connectivity index (χ3v) is 3.12. The van der Waals surface area contributed by atoms with Crippen molar-refractivity contribution in [3.05, 3.63) is 35.9 Å². The van der Waals surface area contributed by atoms with Gasteiger partial charge in [0.1, 0.15) is 5.75 Å². The third-order valence-electron chi connectivity index (χ3n) is 2.34. The molecule has 0 saturated carbocycles. The summed E-state index contributed by atoms with van der Waals surface area (Å²) in [5, 5.41) is 11.8. The van der Waals surface area contributed by atoms with Crippen molar-refractivity contribution in [2.24, 2.45) is 0 Å². The number of rotatable bonds is 1. The van der Waals surface area contributed by atoms with Crippen LogP contribution in [0.15, 0.2) is 35.2 Å². The van der Waals surface area contributed by atoms with Crippen molar-refractivity contribution in [2.45, 2.75) is 11.8 Å². The molecule has 0 heterocycles. The summed E-state index contributed by atoms with van der Waals surface area (Å²) in [7, 11) is 0. The zero-order chi connectivity index (χ0) is 10.1. The van der Waals surface area contributed by atoms with E-state index in [4.69, 9.17) is 0 Å². The molecule has 1 nitrogen and oxygen atoms in total. The second-order valence-electron chi connectivity index (χ2n) is 3.32. The average molecular weight is 204 g/mol. The SMILES string of the molecule is CSc1cccc2cc(O)cc(C)c12. The highest BCUT2D eigenvalue weighted by molar-refractivity contribution is 7.98. The summed E-state index contributed by atoms with van der Waals surface area (Å²) in [5.41, 5.74) is 1.13. The molecule has 2 aromatic carbocycles. The summed E-state index contributed by atoms with van der Waals surface area (Å²) in [6.07, 6.45) is 2.07. The second-order valence-corrected chi connectivity index (χ2v) is 4.17. The van der Waals surface area contributed by atoms with E-state index >= 15 is 0 Å². The van der Waals surface area contributed by atoms with Gasteiger partial charge in [-0.15, -0.1) is 11.8 Å². The first-order valence-electron chi connectivity index (χ1n) is 4.48. The van der Waals surface area contributed by atoms with E-state index in [9.17, 15) is 5.11 Å². The first-order chi connectivity index (χ1) is 6.72. The molecule has 0 aliphatic carbocycles. The first-order valence-corrected chi connectivity index (χ1v) is 5.71. The van der Waals surface area contributed by atoms with Crippen LogP contribution in [0.3, 0.4) is 0 Å². The Bertz CT molecular complexity index is 477. The summed E-state index contributed by atoms with van der Waals surface area (Å²) in [5.74, 6) is 0.341. The van der Waals surface area contributed by atoms with Crippen molar-refractivity contribution in [1.82, 2.24) is 0 Å². The van der Waals surface area contributed by atoms with Gasteiger partial charge in [0.2, 0.25) is 0 Å². The fourth-order valence-corrected chi connectivity index (χ4v) is 2.45. The Labute approximate surface area is 87.8 Å². The van der Waals surface area contributed by atoms with Gasteiger partial charge in [-0.2, -0.15) is 0 Å². The Morgan fingerprint density at radius 1 is 1.21 bits per heavy atom. The summed E-state index contributed by atoms with van der Waals surface area (Å²) in [6.45, 7) is 2.03. The molecule has 1 N–H and O–H groups in total. The molecule has 14 heavy (non-hydrogen) atoms. The van der Waals surface area contributed by atoms with Crippen molar-refractivity contribution in [2.75, 3.05) is 6.26 Å². The zero-order valence-corrected chi connectivity index (χ0v) is 9.06. The number of hydrogen-bond donors (Lipinski definition) is 1. The van der Waals surface area contributed by atoms with E-state index in [0.717, 1.165) is 10.9 Å². The van der Waals surface area contributed by atoms with Gasteiger partial charge in [-0.3, -0.25) is 0 Å². The smallest absolute Gasteiger partial charge is 0.116 e. The van der Waals surface area contributed by atoms with Gasteiger partial charge in [0, 0.05) is 4.90 Å². The lowest BCUT2D eigenvalue weighted by molar-refractivity contribution is 0.476. The molecule has 0 unspecified atom stereocenters. The van der Waals surface area contributed by atoms with Crippen LogP contribution in [0.25, 0.3) is 10.8 Å². The molecular formula is C12H12OS. The molecule has 0 amide bonds. The van der Waals surface area contributed by atoms with Gasteiger partial charge in [0.15, 0.2) is 0 Å². The number of fused-ring (bicyclic) bond motifs is 1. The molecule has 0 fully saturated rings. The minimum absolute atomic E-state index is 0.341. The number of thioether (sulfide) groups is 1. The van der Waals surface area contributed by atoms with Gasteiger partial charge < -0.3 is 5.11 Å². The zero-order valence-electron chi connectivity index (χ0n) is 8.24. The molecule has 0 spiro atoms. The molecule has 0 aliphatic heterocycles. The fourth-order valence-electron chi connectivity index (χ4n) is 1.76. The molecule has 72 valence electrons. The quantitative estimate of drug-likeness (QED) is 0.716. The normalized spacial score (nSPS) is 10.7. The van der Waals surface area contributed by atoms with Crippen molar-refractivity contribution in [3.8, 4) is 5.75 Å². The van der Waals surface area contributed by atoms with E-state index in [-0.39, 0.29) is 0 Å². The Morgan fingerprint density at radius 3 is 2.71 bits per heavy atom. The van der Waals surface area contributed by atoms with Crippen LogP contribution in [0.4, 0.5) is 0 Å². The first kappa shape index (κ1) is 9.41. The molecule has 0 saturated heterocycles. The van der Waals surface area contributed by atoms with Crippen LogP contribution in [0.2, 0.25) is 0 Å². The maximum atomic E-state index is 9.47. The molecule has 0 bridgehead atoms. The van der Waals surface area contributed by atoms with E-state index in [1.54, 1.807) is 11.8 Å². The molecular weight excluding hydrogens is 192 g/mol. The Balaban J connectivity index is 2.87. The fraction of sp³-hybridized carbons (Fsp3) is 0.167. The van der Waals surface area contributed by atoms with Crippen LogP contribution >= 0.6 is 11.8 Å². The third kappa shape index (κ3) is 1.46. The summed E-state index contributed by atoms with van der Waals surface area (Å²) < 4.78 is 0. The van der Waals surface area contributed by atoms with Crippen molar-refractivity contribution in [1.29, 1.82) is 0 Å². The topological polar surface area (TPSA) is 20.2 Å². The number of phenols is 1. The summed E-state index contributed by atoms with van der Waals surface area (Å²) in [4.78, 5) is 1.26. The number of phenolic OH excluding ortho intramolecular Hbond substituents is 1. The van der Waals surface area contributed by atoms with E-state index < -0.39 is 0 Å². The average Bonchev–Trinajstić information content (AvgIpc) is 2.16. The van der Waals surface area contributed by atoms with Gasteiger partial charge >= 0.3 is 0 Å². The van der Waals surface area contributed by atoms with Crippen LogP contribution in [-0.4, -0.2) is 11.4 Å². The lowest BCUT2D eigenvalue weighted by Crippen LogP contribution is -1.81. The Morgan fingerprint density at radius 2 is 2.00 bits per heavy atom. The number of aryl methyl sites for hydroxylation is 1. The van der Waals surface area contributed by atoms with Crippen molar-refractivity contribution in [3.63, 3.8) is 0 Å². The second kappa shape index (κ2) is 3.54. The van der Waals surface area contributed by atoms with Crippen LogP contribution in [-0.2, 0) is 0 Å². The Hall–Kier alpha value is -1.15. The van der Waals surface area contributed by atoms with Crippen molar-refractivity contribution >= 4 is 22.5 Å². The van der Waals surface area contributed by atoms with Gasteiger partial charge in [-0.1, -0.05) is 12.1 Å². The number of benzene rings is 2. The largest absolute Gasteiger partial charge is 0.508 e. The monoisotopic (exact) mass is 204 g/mol. The molecule has 2 aromatic rings. The van der Waals surface area contributed by atoms with Gasteiger partial charge in [-0.05, 0) is 47.7 Å². The minimum Gasteiger partial charge on any atom is -0.508 e. The standard InChI is InChI=1S/C12H12OS/c1-8-6-10(13)7-9-4-3-5-11(14-2)12(8)9/h3-7,13H,1-2H3. The molecule has 0 atom stereocenters. The van der Waals surface area contributed by atoms with Gasteiger partial charge in [0.25, 0.3) is 0 Å². The van der Waals surface area contributed by atoms with Crippen LogP contribution in [0.1, 0.15) is 5.56 Å². The molecule has 0 aromatic heterocycles. The number of aromatic hydroxyl groups is 1.